The van der Waals surface area contributed by atoms with Gasteiger partial charge in [-0.3, -0.25) is 4.99 Å². The van der Waals surface area contributed by atoms with Crippen molar-refractivity contribution in [2.24, 2.45) is 10.9 Å². The number of nitrogens with zero attached hydrogens (tertiary/aromatic N) is 5. The molecule has 1 aromatic rings. The average Bonchev–Trinajstić information content (AvgIpc) is 3.44. The second-order valence-electron chi connectivity index (χ2n) is 7.51. The van der Waals surface area contributed by atoms with Crippen LogP contribution in [0.25, 0.3) is 0 Å². The van der Waals surface area contributed by atoms with E-state index in [0.717, 1.165) is 69.8 Å². The van der Waals surface area contributed by atoms with E-state index < -0.39 is 0 Å². The standard InChI is InChI=1S/C19H34N6O.HI/c1-20-19(24(2)13-14-26-15-16-9-10-16)21-11-6-8-18-23-22-17-7-4-3-5-12-25(17)18;/h16H,3-15H2,1-2H3,(H,20,21);1H. The molecule has 0 amide bonds. The van der Waals surface area contributed by atoms with Gasteiger partial charge in [0.15, 0.2) is 5.96 Å². The van der Waals surface area contributed by atoms with Crippen LogP contribution in [-0.2, 0) is 24.1 Å². The Hall–Kier alpha value is -0.900. The quantitative estimate of drug-likeness (QED) is 0.250. The van der Waals surface area contributed by atoms with Crippen LogP contribution in [0, 0.1) is 5.92 Å². The van der Waals surface area contributed by atoms with Crippen LogP contribution in [0.5, 0.6) is 0 Å². The van der Waals surface area contributed by atoms with E-state index in [9.17, 15) is 0 Å². The summed E-state index contributed by atoms with van der Waals surface area (Å²) in [6, 6.07) is 0. The fourth-order valence-electron chi connectivity index (χ4n) is 3.40. The number of aliphatic imine (C=N–C) groups is 1. The lowest BCUT2D eigenvalue weighted by Gasteiger charge is -2.22. The van der Waals surface area contributed by atoms with Gasteiger partial charge in [0.1, 0.15) is 11.6 Å². The fourth-order valence-corrected chi connectivity index (χ4v) is 3.40. The second-order valence-corrected chi connectivity index (χ2v) is 7.51. The molecule has 8 heteroatoms. The van der Waals surface area contributed by atoms with Gasteiger partial charge < -0.3 is 19.5 Å². The zero-order valence-corrected chi connectivity index (χ0v) is 19.2. The Bertz CT molecular complexity index is 587. The van der Waals surface area contributed by atoms with E-state index in [4.69, 9.17) is 4.74 Å². The van der Waals surface area contributed by atoms with Crippen LogP contribution in [0.1, 0.15) is 50.2 Å². The maximum atomic E-state index is 5.72. The first-order valence-corrected chi connectivity index (χ1v) is 10.2. The molecule has 1 saturated carbocycles. The number of aryl methyl sites for hydroxylation is 2. The van der Waals surface area contributed by atoms with Crippen LogP contribution in [-0.4, -0.2) is 66.0 Å². The number of fused-ring (bicyclic) bond motifs is 1. The molecule has 1 aromatic heterocycles. The molecular weight excluding hydrogens is 455 g/mol. The van der Waals surface area contributed by atoms with E-state index in [1.807, 2.05) is 7.05 Å². The number of halogens is 1. The lowest BCUT2D eigenvalue weighted by atomic mass is 10.2. The van der Waals surface area contributed by atoms with Crippen LogP contribution in [0.4, 0.5) is 0 Å². The molecule has 0 bridgehead atoms. The number of nitrogens with one attached hydrogen (secondary N) is 1. The van der Waals surface area contributed by atoms with E-state index in [1.165, 1.54) is 37.9 Å². The van der Waals surface area contributed by atoms with E-state index in [2.05, 4.69) is 37.0 Å². The summed E-state index contributed by atoms with van der Waals surface area (Å²) >= 11 is 0. The number of hydrogen-bond donors (Lipinski definition) is 1. The van der Waals surface area contributed by atoms with Crippen molar-refractivity contribution in [3.05, 3.63) is 11.6 Å². The molecule has 0 atom stereocenters. The third-order valence-corrected chi connectivity index (χ3v) is 5.24. The average molecular weight is 490 g/mol. The summed E-state index contributed by atoms with van der Waals surface area (Å²) in [6.07, 6.45) is 9.54. The van der Waals surface area contributed by atoms with Gasteiger partial charge in [0.05, 0.1) is 6.61 Å². The molecule has 2 heterocycles. The number of guanidine groups is 1. The topological polar surface area (TPSA) is 67.6 Å². The maximum absolute atomic E-state index is 5.72. The zero-order valence-electron chi connectivity index (χ0n) is 16.8. The lowest BCUT2D eigenvalue weighted by molar-refractivity contribution is 0.115. The van der Waals surface area contributed by atoms with Gasteiger partial charge >= 0.3 is 0 Å². The third-order valence-electron chi connectivity index (χ3n) is 5.24. The van der Waals surface area contributed by atoms with E-state index in [1.54, 1.807) is 0 Å². The Morgan fingerprint density at radius 1 is 1.30 bits per heavy atom. The first kappa shape index (κ1) is 22.4. The molecule has 7 nitrogen and oxygen atoms in total. The molecule has 0 saturated heterocycles. The van der Waals surface area contributed by atoms with Crippen LogP contribution in [0.3, 0.4) is 0 Å². The molecule has 2 aliphatic rings. The summed E-state index contributed by atoms with van der Waals surface area (Å²) in [5, 5.41) is 12.2. The van der Waals surface area contributed by atoms with Gasteiger partial charge in [-0.25, -0.2) is 0 Å². The van der Waals surface area contributed by atoms with Crippen LogP contribution in [0.2, 0.25) is 0 Å². The van der Waals surface area contributed by atoms with Crippen LogP contribution < -0.4 is 5.32 Å². The maximum Gasteiger partial charge on any atom is 0.193 e. The number of rotatable bonds is 9. The summed E-state index contributed by atoms with van der Waals surface area (Å²) < 4.78 is 8.06. The molecule has 0 unspecified atom stereocenters. The minimum Gasteiger partial charge on any atom is -0.379 e. The van der Waals surface area contributed by atoms with Crippen molar-refractivity contribution in [3.8, 4) is 0 Å². The highest BCUT2D eigenvalue weighted by atomic mass is 127. The van der Waals surface area contributed by atoms with Crippen molar-refractivity contribution in [2.45, 2.75) is 57.9 Å². The van der Waals surface area contributed by atoms with E-state index in [-0.39, 0.29) is 24.0 Å². The molecule has 0 aromatic carbocycles. The van der Waals surface area contributed by atoms with Gasteiger partial charge in [-0.1, -0.05) is 6.42 Å². The Labute approximate surface area is 180 Å². The highest BCUT2D eigenvalue weighted by molar-refractivity contribution is 14.0. The lowest BCUT2D eigenvalue weighted by Crippen LogP contribution is -2.41. The molecule has 1 aliphatic heterocycles. The number of hydrogen-bond acceptors (Lipinski definition) is 4. The summed E-state index contributed by atoms with van der Waals surface area (Å²) in [6.45, 7) is 4.52. The molecular formula is C19H35IN6O. The number of aromatic nitrogens is 3. The first-order chi connectivity index (χ1) is 12.8. The monoisotopic (exact) mass is 490 g/mol. The predicted octanol–water partition coefficient (Wildman–Crippen LogP) is 2.49. The van der Waals surface area contributed by atoms with Crippen molar-refractivity contribution in [1.29, 1.82) is 0 Å². The normalized spacial score (nSPS) is 17.0. The minimum absolute atomic E-state index is 0. The van der Waals surface area contributed by atoms with E-state index >= 15 is 0 Å². The summed E-state index contributed by atoms with van der Waals surface area (Å²) in [4.78, 5) is 6.51. The van der Waals surface area contributed by atoms with Gasteiger partial charge in [0.2, 0.25) is 0 Å². The van der Waals surface area contributed by atoms with Crippen LogP contribution >= 0.6 is 24.0 Å². The van der Waals surface area contributed by atoms with Gasteiger partial charge in [-0.15, -0.1) is 34.2 Å². The summed E-state index contributed by atoms with van der Waals surface area (Å²) in [7, 11) is 3.90. The minimum atomic E-state index is 0. The van der Waals surface area contributed by atoms with Crippen molar-refractivity contribution < 1.29 is 4.74 Å². The van der Waals surface area contributed by atoms with Gasteiger partial charge in [0, 0.05) is 53.2 Å². The first-order valence-electron chi connectivity index (χ1n) is 10.2. The third kappa shape index (κ3) is 7.21. The summed E-state index contributed by atoms with van der Waals surface area (Å²) in [5.74, 6) is 4.07. The van der Waals surface area contributed by atoms with Gasteiger partial charge in [-0.2, -0.15) is 0 Å². The Morgan fingerprint density at radius 3 is 2.93 bits per heavy atom. The fraction of sp³-hybridized carbons (Fsp3) is 0.842. The predicted molar refractivity (Wildman–Crippen MR) is 119 cm³/mol. The molecule has 1 N–H and O–H groups in total. The Kier molecular flexibility index (Phi) is 9.81. The molecule has 3 rings (SSSR count). The van der Waals surface area contributed by atoms with Crippen molar-refractivity contribution >= 4 is 29.9 Å². The largest absolute Gasteiger partial charge is 0.379 e. The van der Waals surface area contributed by atoms with E-state index in [0.29, 0.717) is 0 Å². The molecule has 0 radical (unpaired) electrons. The molecule has 1 aliphatic carbocycles. The summed E-state index contributed by atoms with van der Waals surface area (Å²) in [5.41, 5.74) is 0. The highest BCUT2D eigenvalue weighted by Crippen LogP contribution is 2.28. The Morgan fingerprint density at radius 2 is 2.15 bits per heavy atom. The SMILES string of the molecule is CN=C(NCCCc1nnc2n1CCCCC2)N(C)CCOCC1CC1.I. The molecule has 0 spiro atoms. The van der Waals surface area contributed by atoms with Crippen LogP contribution in [0.15, 0.2) is 4.99 Å². The molecule has 1 fully saturated rings. The van der Waals surface area contributed by atoms with Crippen molar-refractivity contribution in [2.75, 3.05) is 40.4 Å². The Balaban J connectivity index is 0.00000261. The molecule has 27 heavy (non-hydrogen) atoms. The van der Waals surface area contributed by atoms with Gasteiger partial charge in [0.25, 0.3) is 0 Å². The van der Waals surface area contributed by atoms with Gasteiger partial charge in [-0.05, 0) is 38.0 Å². The smallest absolute Gasteiger partial charge is 0.193 e. The van der Waals surface area contributed by atoms with Crippen molar-refractivity contribution in [1.82, 2.24) is 25.0 Å². The zero-order chi connectivity index (χ0) is 18.2. The van der Waals surface area contributed by atoms with Crippen molar-refractivity contribution in [3.63, 3.8) is 0 Å². The number of likely N-dealkylation sites (N-methyl/N-ethyl adjacent to an activating group) is 1. The second kappa shape index (κ2) is 11.8. The molecule has 154 valence electrons. The highest BCUT2D eigenvalue weighted by Gasteiger charge is 2.21. The number of ether oxygens (including phenoxy) is 1.